The van der Waals surface area contributed by atoms with E-state index in [9.17, 15) is 9.90 Å². The Bertz CT molecular complexity index is 510. The van der Waals surface area contributed by atoms with Crippen molar-refractivity contribution in [2.75, 3.05) is 6.61 Å². The van der Waals surface area contributed by atoms with Crippen LogP contribution >= 0.6 is 0 Å². The van der Waals surface area contributed by atoms with Crippen LogP contribution in [0.4, 0.5) is 0 Å². The van der Waals surface area contributed by atoms with E-state index in [0.29, 0.717) is 24.0 Å². The quantitative estimate of drug-likeness (QED) is 0.846. The Morgan fingerprint density at radius 3 is 2.73 bits per heavy atom. The first-order valence-corrected chi connectivity index (χ1v) is 8.52. The molecule has 1 atom stereocenters. The molecule has 0 aliphatic heterocycles. The summed E-state index contributed by atoms with van der Waals surface area (Å²) in [5.74, 6) is 1.59. The first-order chi connectivity index (χ1) is 10.8. The number of aromatic nitrogens is 2. The average Bonchev–Trinajstić information content (AvgIpc) is 3.40. The van der Waals surface area contributed by atoms with Gasteiger partial charge in [-0.1, -0.05) is 19.3 Å². The third-order valence-corrected chi connectivity index (χ3v) is 4.82. The average molecular weight is 303 g/mol. The van der Waals surface area contributed by atoms with Gasteiger partial charge in [-0.15, -0.1) is 0 Å². The van der Waals surface area contributed by atoms with Crippen LogP contribution in [0.25, 0.3) is 0 Å². The molecule has 1 amide bonds. The third kappa shape index (κ3) is 3.83. The van der Waals surface area contributed by atoms with Gasteiger partial charge in [0.1, 0.15) is 11.5 Å². The Morgan fingerprint density at radius 2 is 2.05 bits per heavy atom. The van der Waals surface area contributed by atoms with Crippen LogP contribution in [0, 0.1) is 5.92 Å². The van der Waals surface area contributed by atoms with Gasteiger partial charge in [0, 0.05) is 24.8 Å². The molecular weight excluding hydrogens is 278 g/mol. The summed E-state index contributed by atoms with van der Waals surface area (Å²) in [6, 6.07) is 1.73. The number of hydrogen-bond donors (Lipinski definition) is 2. The highest BCUT2D eigenvalue weighted by Gasteiger charge is 2.28. The second-order valence-corrected chi connectivity index (χ2v) is 6.56. The van der Waals surface area contributed by atoms with Gasteiger partial charge in [-0.05, 0) is 44.1 Å². The molecule has 0 radical (unpaired) electrons. The summed E-state index contributed by atoms with van der Waals surface area (Å²) in [5.41, 5.74) is 0.454. The largest absolute Gasteiger partial charge is 0.396 e. The molecular formula is C17H25N3O2. The molecule has 2 saturated carbocycles. The molecule has 0 aromatic carbocycles. The Balaban J connectivity index is 1.65. The molecule has 120 valence electrons. The van der Waals surface area contributed by atoms with E-state index >= 15 is 0 Å². The van der Waals surface area contributed by atoms with Gasteiger partial charge in [-0.25, -0.2) is 9.97 Å². The summed E-state index contributed by atoms with van der Waals surface area (Å²) >= 11 is 0. The molecule has 1 aromatic rings. The van der Waals surface area contributed by atoms with Crippen molar-refractivity contribution in [2.45, 2.75) is 63.3 Å². The number of hydrogen-bond acceptors (Lipinski definition) is 4. The zero-order valence-corrected chi connectivity index (χ0v) is 13.0. The number of nitrogens with one attached hydrogen (secondary N) is 1. The maximum Gasteiger partial charge on any atom is 0.270 e. The molecule has 5 nitrogen and oxygen atoms in total. The summed E-state index contributed by atoms with van der Waals surface area (Å²) in [6.07, 6.45) is 10.6. The fraction of sp³-hybridized carbons (Fsp3) is 0.706. The molecule has 1 unspecified atom stereocenters. The van der Waals surface area contributed by atoms with Crippen LogP contribution in [-0.2, 0) is 0 Å². The summed E-state index contributed by atoms with van der Waals surface area (Å²) in [6.45, 7) is 0.110. The summed E-state index contributed by atoms with van der Waals surface area (Å²) in [7, 11) is 0. The van der Waals surface area contributed by atoms with Crippen molar-refractivity contribution in [1.29, 1.82) is 0 Å². The van der Waals surface area contributed by atoms with Crippen LogP contribution in [0.2, 0.25) is 0 Å². The smallest absolute Gasteiger partial charge is 0.270 e. The number of rotatable bonds is 6. The van der Waals surface area contributed by atoms with E-state index in [-0.39, 0.29) is 18.6 Å². The summed E-state index contributed by atoms with van der Waals surface area (Å²) in [4.78, 5) is 21.2. The van der Waals surface area contributed by atoms with Gasteiger partial charge in [0.05, 0.1) is 0 Å². The van der Waals surface area contributed by atoms with Gasteiger partial charge in [0.2, 0.25) is 0 Å². The minimum atomic E-state index is -0.131. The van der Waals surface area contributed by atoms with Gasteiger partial charge < -0.3 is 10.4 Å². The highest BCUT2D eigenvalue weighted by molar-refractivity contribution is 5.92. The summed E-state index contributed by atoms with van der Waals surface area (Å²) < 4.78 is 0. The van der Waals surface area contributed by atoms with Crippen molar-refractivity contribution in [3.05, 3.63) is 23.8 Å². The minimum Gasteiger partial charge on any atom is -0.396 e. The fourth-order valence-electron chi connectivity index (χ4n) is 3.38. The topological polar surface area (TPSA) is 75.1 Å². The standard InChI is InChI=1S/C17H25N3O2/c21-11-9-14(12-4-2-1-3-5-12)20-17(22)15-8-10-18-16(19-15)13-6-7-13/h8,10,12-14,21H,1-7,9,11H2,(H,20,22). The molecule has 2 fully saturated rings. The van der Waals surface area contributed by atoms with Gasteiger partial charge in [-0.3, -0.25) is 4.79 Å². The second-order valence-electron chi connectivity index (χ2n) is 6.56. The van der Waals surface area contributed by atoms with Crippen LogP contribution in [0.5, 0.6) is 0 Å². The Labute approximate surface area is 131 Å². The minimum absolute atomic E-state index is 0.0529. The van der Waals surface area contributed by atoms with E-state index < -0.39 is 0 Å². The van der Waals surface area contributed by atoms with Gasteiger partial charge in [0.25, 0.3) is 5.91 Å². The number of aliphatic hydroxyl groups excluding tert-OH is 1. The van der Waals surface area contributed by atoms with E-state index in [0.717, 1.165) is 31.5 Å². The van der Waals surface area contributed by atoms with Crippen LogP contribution in [-0.4, -0.2) is 33.6 Å². The van der Waals surface area contributed by atoms with Crippen molar-refractivity contribution in [1.82, 2.24) is 15.3 Å². The molecule has 2 N–H and O–H groups in total. The lowest BCUT2D eigenvalue weighted by molar-refractivity contribution is 0.0894. The number of nitrogens with zero attached hydrogens (tertiary/aromatic N) is 2. The molecule has 5 heteroatoms. The van der Waals surface area contributed by atoms with Gasteiger partial charge >= 0.3 is 0 Å². The highest BCUT2D eigenvalue weighted by atomic mass is 16.3. The molecule has 1 heterocycles. The van der Waals surface area contributed by atoms with Crippen molar-refractivity contribution >= 4 is 5.91 Å². The monoisotopic (exact) mass is 303 g/mol. The van der Waals surface area contributed by atoms with Crippen molar-refractivity contribution in [2.24, 2.45) is 5.92 Å². The molecule has 2 aliphatic rings. The predicted molar refractivity (Wildman–Crippen MR) is 83.5 cm³/mol. The van der Waals surface area contributed by atoms with Gasteiger partial charge in [0.15, 0.2) is 0 Å². The molecule has 2 aliphatic carbocycles. The second kappa shape index (κ2) is 7.18. The molecule has 0 bridgehead atoms. The first-order valence-electron chi connectivity index (χ1n) is 8.52. The lowest BCUT2D eigenvalue weighted by atomic mass is 9.82. The van der Waals surface area contributed by atoms with Crippen LogP contribution < -0.4 is 5.32 Å². The highest BCUT2D eigenvalue weighted by Crippen LogP contribution is 2.37. The normalized spacial score (nSPS) is 20.6. The molecule has 0 spiro atoms. The maximum absolute atomic E-state index is 12.5. The van der Waals surface area contributed by atoms with E-state index in [1.165, 1.54) is 19.3 Å². The lowest BCUT2D eigenvalue weighted by Crippen LogP contribution is -2.42. The van der Waals surface area contributed by atoms with Crippen LogP contribution in [0.1, 0.15) is 73.6 Å². The summed E-state index contributed by atoms with van der Waals surface area (Å²) in [5, 5.41) is 12.4. The first kappa shape index (κ1) is 15.4. The molecule has 1 aromatic heterocycles. The fourth-order valence-corrected chi connectivity index (χ4v) is 3.38. The van der Waals surface area contributed by atoms with Gasteiger partial charge in [-0.2, -0.15) is 0 Å². The predicted octanol–water partition coefficient (Wildman–Crippen LogP) is 2.42. The molecule has 3 rings (SSSR count). The lowest BCUT2D eigenvalue weighted by Gasteiger charge is -2.30. The molecule has 22 heavy (non-hydrogen) atoms. The van der Waals surface area contributed by atoms with Crippen molar-refractivity contribution in [3.63, 3.8) is 0 Å². The van der Waals surface area contributed by atoms with Crippen molar-refractivity contribution in [3.8, 4) is 0 Å². The zero-order valence-electron chi connectivity index (χ0n) is 13.0. The zero-order chi connectivity index (χ0) is 15.4. The van der Waals surface area contributed by atoms with Crippen molar-refractivity contribution < 1.29 is 9.90 Å². The number of aliphatic hydroxyl groups is 1. The van der Waals surface area contributed by atoms with E-state index in [2.05, 4.69) is 15.3 Å². The van der Waals surface area contributed by atoms with E-state index in [1.807, 2.05) is 0 Å². The Hall–Kier alpha value is -1.49. The molecule has 0 saturated heterocycles. The van der Waals surface area contributed by atoms with E-state index in [4.69, 9.17) is 0 Å². The van der Waals surface area contributed by atoms with E-state index in [1.54, 1.807) is 12.3 Å². The van der Waals surface area contributed by atoms with Crippen LogP contribution in [0.3, 0.4) is 0 Å². The third-order valence-electron chi connectivity index (χ3n) is 4.82. The maximum atomic E-state index is 12.5. The number of amides is 1. The number of carbonyl (C=O) groups is 1. The Morgan fingerprint density at radius 1 is 1.27 bits per heavy atom. The SMILES string of the molecule is O=C(NC(CCO)C1CCCCC1)c1ccnc(C2CC2)n1. The Kier molecular flexibility index (Phi) is 5.03. The van der Waals surface area contributed by atoms with Crippen LogP contribution in [0.15, 0.2) is 12.3 Å². The number of carbonyl (C=O) groups excluding carboxylic acids is 1.